The van der Waals surface area contributed by atoms with Crippen molar-refractivity contribution < 1.29 is 27.4 Å². The van der Waals surface area contributed by atoms with E-state index in [4.69, 9.17) is 16.2 Å². The molecule has 8 nitrogen and oxygen atoms in total. The molecule has 11 heteroatoms. The van der Waals surface area contributed by atoms with Crippen LogP contribution in [0, 0.1) is 0 Å². The number of rotatable bonds is 4. The fraction of sp³-hybridized carbons (Fsp3) is 0.615. The maximum Gasteiger partial charge on any atom is 0.490 e. The van der Waals surface area contributed by atoms with Crippen molar-refractivity contribution in [2.75, 3.05) is 29.5 Å². The predicted octanol–water partition coefficient (Wildman–Crippen LogP) is 1.11. The lowest BCUT2D eigenvalue weighted by atomic mass is 10.3. The SMILES string of the molecule is CC(C)Oc1nc(N)c(N)c(N2CCC(OC(=O)C(F)(F)F)C2)n1. The summed E-state index contributed by atoms with van der Waals surface area (Å²) in [6, 6.07) is 0.0161. The molecule has 2 heterocycles. The first-order valence-electron chi connectivity index (χ1n) is 7.20. The highest BCUT2D eigenvalue weighted by Crippen LogP contribution is 2.31. The van der Waals surface area contributed by atoms with Crippen molar-refractivity contribution in [1.29, 1.82) is 0 Å². The molecule has 0 aliphatic carbocycles. The number of ether oxygens (including phenoxy) is 2. The summed E-state index contributed by atoms with van der Waals surface area (Å²) in [6.45, 7) is 3.87. The number of nitrogens with zero attached hydrogens (tertiary/aromatic N) is 3. The number of esters is 1. The van der Waals surface area contributed by atoms with E-state index < -0.39 is 18.2 Å². The van der Waals surface area contributed by atoms with Gasteiger partial charge in [0, 0.05) is 13.0 Å². The Bertz CT molecular complexity index is 624. The van der Waals surface area contributed by atoms with Crippen molar-refractivity contribution in [2.24, 2.45) is 0 Å². The highest BCUT2D eigenvalue weighted by atomic mass is 19.4. The molecule has 1 fully saturated rings. The van der Waals surface area contributed by atoms with Crippen LogP contribution in [0.1, 0.15) is 20.3 Å². The number of hydrogen-bond donors (Lipinski definition) is 2. The van der Waals surface area contributed by atoms with Gasteiger partial charge in [-0.3, -0.25) is 0 Å². The molecule has 24 heavy (non-hydrogen) atoms. The monoisotopic (exact) mass is 349 g/mol. The number of nitrogens with two attached hydrogens (primary N) is 2. The van der Waals surface area contributed by atoms with E-state index in [-0.39, 0.29) is 42.4 Å². The molecule has 0 spiro atoms. The van der Waals surface area contributed by atoms with E-state index in [1.165, 1.54) is 0 Å². The second kappa shape index (κ2) is 6.57. The van der Waals surface area contributed by atoms with E-state index in [1.807, 2.05) is 0 Å². The number of carbonyl (C=O) groups is 1. The summed E-state index contributed by atoms with van der Waals surface area (Å²) in [4.78, 5) is 20.5. The van der Waals surface area contributed by atoms with E-state index in [1.54, 1.807) is 18.7 Å². The van der Waals surface area contributed by atoms with Crippen LogP contribution >= 0.6 is 0 Å². The molecule has 0 bridgehead atoms. The largest absolute Gasteiger partial charge is 0.490 e. The molecule has 1 aliphatic heterocycles. The Labute approximate surface area is 135 Å². The molecule has 4 N–H and O–H groups in total. The zero-order valence-corrected chi connectivity index (χ0v) is 13.1. The van der Waals surface area contributed by atoms with E-state index in [2.05, 4.69) is 14.7 Å². The molecule has 1 aliphatic rings. The number of carbonyl (C=O) groups excluding carboxylic acids is 1. The number of alkyl halides is 3. The molecular weight excluding hydrogens is 331 g/mol. The highest BCUT2D eigenvalue weighted by Gasteiger charge is 2.43. The van der Waals surface area contributed by atoms with Crippen molar-refractivity contribution in [3.63, 3.8) is 0 Å². The van der Waals surface area contributed by atoms with Crippen molar-refractivity contribution in [2.45, 2.75) is 38.7 Å². The first-order chi connectivity index (χ1) is 11.1. The Balaban J connectivity index is 2.13. The summed E-state index contributed by atoms with van der Waals surface area (Å²) in [7, 11) is 0. The fourth-order valence-electron chi connectivity index (χ4n) is 2.19. The van der Waals surface area contributed by atoms with Gasteiger partial charge in [-0.2, -0.15) is 23.1 Å². The first kappa shape index (κ1) is 17.9. The molecule has 0 aromatic carbocycles. The van der Waals surface area contributed by atoms with E-state index >= 15 is 0 Å². The van der Waals surface area contributed by atoms with Gasteiger partial charge in [-0.1, -0.05) is 0 Å². The molecule has 1 aromatic rings. The van der Waals surface area contributed by atoms with Gasteiger partial charge in [-0.25, -0.2) is 4.79 Å². The molecule has 134 valence electrons. The first-order valence-corrected chi connectivity index (χ1v) is 7.20. The van der Waals surface area contributed by atoms with Crippen LogP contribution in [0.2, 0.25) is 0 Å². The molecule has 1 atom stereocenters. The van der Waals surface area contributed by atoms with Gasteiger partial charge >= 0.3 is 18.2 Å². The summed E-state index contributed by atoms with van der Waals surface area (Å²) in [5.74, 6) is -1.97. The van der Waals surface area contributed by atoms with Crippen LogP contribution in [0.15, 0.2) is 0 Å². The van der Waals surface area contributed by atoms with Gasteiger partial charge in [0.25, 0.3) is 0 Å². The van der Waals surface area contributed by atoms with Gasteiger partial charge in [0.2, 0.25) is 0 Å². The minimum Gasteiger partial charge on any atom is -0.461 e. The summed E-state index contributed by atoms with van der Waals surface area (Å²) >= 11 is 0. The third-order valence-electron chi connectivity index (χ3n) is 3.23. The number of anilines is 3. The van der Waals surface area contributed by atoms with Crippen LogP contribution in [0.4, 0.5) is 30.5 Å². The van der Waals surface area contributed by atoms with Crippen LogP contribution in [-0.2, 0) is 9.53 Å². The second-order valence-electron chi connectivity index (χ2n) is 5.56. The smallest absolute Gasteiger partial charge is 0.461 e. The summed E-state index contributed by atoms with van der Waals surface area (Å²) in [6.07, 6.45) is -5.92. The number of hydrogen-bond acceptors (Lipinski definition) is 8. The van der Waals surface area contributed by atoms with Gasteiger partial charge in [0.05, 0.1) is 12.6 Å². The van der Waals surface area contributed by atoms with Crippen LogP contribution in [0.5, 0.6) is 6.01 Å². The maximum atomic E-state index is 12.3. The number of aromatic nitrogens is 2. The van der Waals surface area contributed by atoms with Gasteiger partial charge in [0.15, 0.2) is 11.6 Å². The Hall–Kier alpha value is -2.46. The van der Waals surface area contributed by atoms with Crippen molar-refractivity contribution >= 4 is 23.3 Å². The molecule has 0 amide bonds. The van der Waals surface area contributed by atoms with Crippen molar-refractivity contribution in [3.8, 4) is 6.01 Å². The van der Waals surface area contributed by atoms with Crippen molar-refractivity contribution in [1.82, 2.24) is 9.97 Å². The van der Waals surface area contributed by atoms with E-state index in [0.717, 1.165) is 0 Å². The third-order valence-corrected chi connectivity index (χ3v) is 3.23. The van der Waals surface area contributed by atoms with Gasteiger partial charge < -0.3 is 25.8 Å². The summed E-state index contributed by atoms with van der Waals surface area (Å²) < 4.78 is 46.6. The molecule has 2 rings (SSSR count). The van der Waals surface area contributed by atoms with E-state index in [9.17, 15) is 18.0 Å². The zero-order chi connectivity index (χ0) is 18.1. The van der Waals surface area contributed by atoms with Crippen LogP contribution in [-0.4, -0.2) is 47.4 Å². The highest BCUT2D eigenvalue weighted by molar-refractivity contribution is 5.76. The number of nitrogen functional groups attached to an aromatic ring is 2. The third kappa shape index (κ3) is 4.09. The quantitative estimate of drug-likeness (QED) is 0.777. The lowest BCUT2D eigenvalue weighted by Crippen LogP contribution is -2.32. The molecule has 1 aromatic heterocycles. The Morgan fingerprint density at radius 3 is 2.58 bits per heavy atom. The van der Waals surface area contributed by atoms with Gasteiger partial charge in [-0.05, 0) is 13.8 Å². The molecule has 0 saturated carbocycles. The Morgan fingerprint density at radius 1 is 1.33 bits per heavy atom. The molecular formula is C13H18F3N5O3. The van der Waals surface area contributed by atoms with Gasteiger partial charge in [-0.15, -0.1) is 0 Å². The molecule has 1 unspecified atom stereocenters. The Morgan fingerprint density at radius 2 is 2.00 bits per heavy atom. The predicted molar refractivity (Wildman–Crippen MR) is 79.4 cm³/mol. The van der Waals surface area contributed by atoms with E-state index in [0.29, 0.717) is 6.54 Å². The minimum atomic E-state index is -5.02. The fourth-order valence-corrected chi connectivity index (χ4v) is 2.19. The second-order valence-corrected chi connectivity index (χ2v) is 5.56. The average Bonchev–Trinajstić information content (AvgIpc) is 2.89. The lowest BCUT2D eigenvalue weighted by molar-refractivity contribution is -0.203. The minimum absolute atomic E-state index is 0.00591. The zero-order valence-electron chi connectivity index (χ0n) is 13.1. The lowest BCUT2D eigenvalue weighted by Gasteiger charge is -2.21. The van der Waals surface area contributed by atoms with Gasteiger partial charge in [0.1, 0.15) is 11.8 Å². The Kier molecular flexibility index (Phi) is 4.90. The van der Waals surface area contributed by atoms with Crippen LogP contribution in [0.25, 0.3) is 0 Å². The normalized spacial score (nSPS) is 18.1. The maximum absolute atomic E-state index is 12.3. The topological polar surface area (TPSA) is 117 Å². The van der Waals surface area contributed by atoms with Crippen LogP contribution < -0.4 is 21.1 Å². The molecule has 1 saturated heterocycles. The summed E-state index contributed by atoms with van der Waals surface area (Å²) in [5.41, 5.74) is 11.7. The van der Waals surface area contributed by atoms with Crippen molar-refractivity contribution in [3.05, 3.63) is 0 Å². The average molecular weight is 349 g/mol. The standard InChI is InChI=1S/C13H18F3N5O3/c1-6(2)23-12-19-9(18)8(17)10(20-12)21-4-3-7(5-21)24-11(22)13(14,15)16/h6-7H,3-5,17H2,1-2H3,(H2,18,19,20). The van der Waals surface area contributed by atoms with Crippen LogP contribution in [0.3, 0.4) is 0 Å². The number of halogens is 3. The molecule has 0 radical (unpaired) electrons. The summed E-state index contributed by atoms with van der Waals surface area (Å²) in [5, 5.41) is 0.